The van der Waals surface area contributed by atoms with Crippen molar-refractivity contribution < 1.29 is 0 Å². The summed E-state index contributed by atoms with van der Waals surface area (Å²) in [5, 5.41) is 2.88. The number of thiazole rings is 1. The van der Waals surface area contributed by atoms with Crippen LogP contribution >= 0.6 is 11.3 Å². The van der Waals surface area contributed by atoms with Crippen LogP contribution in [-0.4, -0.2) is 15.0 Å². The number of hydrogen-bond acceptors (Lipinski definition) is 5. The molecule has 0 bridgehead atoms. The van der Waals surface area contributed by atoms with Crippen molar-refractivity contribution in [2.75, 3.05) is 0 Å². The van der Waals surface area contributed by atoms with Crippen LogP contribution in [0, 0.1) is 6.92 Å². The topological polar surface area (TPSA) is 64.7 Å². The zero-order valence-corrected chi connectivity index (χ0v) is 8.58. The molecular weight excluding hydrogens is 196 g/mol. The van der Waals surface area contributed by atoms with Gasteiger partial charge in [-0.05, 0) is 6.92 Å². The van der Waals surface area contributed by atoms with Gasteiger partial charge in [0.1, 0.15) is 16.4 Å². The SMILES string of the molecule is Cc1nccnc1-c1csc(CN)n1. The first-order chi connectivity index (χ1) is 6.81. The molecule has 2 aromatic rings. The fourth-order valence-corrected chi connectivity index (χ4v) is 1.83. The van der Waals surface area contributed by atoms with Gasteiger partial charge < -0.3 is 5.73 Å². The first kappa shape index (κ1) is 9.23. The predicted molar refractivity (Wildman–Crippen MR) is 55.8 cm³/mol. The number of rotatable bonds is 2. The summed E-state index contributed by atoms with van der Waals surface area (Å²) in [5.41, 5.74) is 8.08. The van der Waals surface area contributed by atoms with Crippen LogP contribution in [0.4, 0.5) is 0 Å². The van der Waals surface area contributed by atoms with Gasteiger partial charge in [0.25, 0.3) is 0 Å². The van der Waals surface area contributed by atoms with Crippen molar-refractivity contribution in [2.45, 2.75) is 13.5 Å². The molecule has 0 aromatic carbocycles. The molecule has 0 atom stereocenters. The van der Waals surface area contributed by atoms with E-state index < -0.39 is 0 Å². The first-order valence-electron chi connectivity index (χ1n) is 4.23. The average Bonchev–Trinajstić information content (AvgIpc) is 2.67. The van der Waals surface area contributed by atoms with Crippen LogP contribution in [0.3, 0.4) is 0 Å². The highest BCUT2D eigenvalue weighted by Crippen LogP contribution is 2.21. The van der Waals surface area contributed by atoms with Crippen molar-refractivity contribution in [1.29, 1.82) is 0 Å². The molecule has 2 aromatic heterocycles. The molecule has 5 heteroatoms. The fourth-order valence-electron chi connectivity index (χ4n) is 1.17. The quantitative estimate of drug-likeness (QED) is 0.806. The van der Waals surface area contributed by atoms with Gasteiger partial charge >= 0.3 is 0 Å². The Balaban J connectivity index is 2.44. The normalized spacial score (nSPS) is 10.4. The van der Waals surface area contributed by atoms with Crippen LogP contribution < -0.4 is 5.73 Å². The van der Waals surface area contributed by atoms with Gasteiger partial charge in [-0.15, -0.1) is 11.3 Å². The Hall–Kier alpha value is -1.33. The minimum atomic E-state index is 0.476. The van der Waals surface area contributed by atoms with E-state index in [1.54, 1.807) is 23.7 Å². The number of hydrogen-bond donors (Lipinski definition) is 1. The Morgan fingerprint density at radius 1 is 1.36 bits per heavy atom. The molecule has 0 saturated carbocycles. The zero-order chi connectivity index (χ0) is 9.97. The van der Waals surface area contributed by atoms with Gasteiger partial charge in [0, 0.05) is 24.3 Å². The second-order valence-electron chi connectivity index (χ2n) is 2.82. The molecule has 0 radical (unpaired) electrons. The van der Waals surface area contributed by atoms with Gasteiger partial charge in [-0.3, -0.25) is 9.97 Å². The Labute approximate surface area is 85.9 Å². The number of aryl methyl sites for hydroxylation is 1. The summed E-state index contributed by atoms with van der Waals surface area (Å²) in [7, 11) is 0. The number of aromatic nitrogens is 3. The molecular formula is C9H10N4S. The standard InChI is InChI=1S/C9H10N4S/c1-6-9(12-3-2-11-6)7-5-14-8(4-10)13-7/h2-3,5H,4,10H2,1H3. The van der Waals surface area contributed by atoms with Crippen molar-refractivity contribution in [2.24, 2.45) is 5.73 Å². The van der Waals surface area contributed by atoms with E-state index >= 15 is 0 Å². The summed E-state index contributed by atoms with van der Waals surface area (Å²) in [6, 6.07) is 0. The third-order valence-electron chi connectivity index (χ3n) is 1.85. The smallest absolute Gasteiger partial charge is 0.111 e. The highest BCUT2D eigenvalue weighted by molar-refractivity contribution is 7.09. The Kier molecular flexibility index (Phi) is 2.51. The molecule has 0 fully saturated rings. The Bertz CT molecular complexity index is 438. The van der Waals surface area contributed by atoms with Gasteiger partial charge in [-0.2, -0.15) is 0 Å². The molecule has 0 spiro atoms. The maximum Gasteiger partial charge on any atom is 0.111 e. The molecule has 2 rings (SSSR count). The lowest BCUT2D eigenvalue weighted by Crippen LogP contribution is -1.96. The van der Waals surface area contributed by atoms with E-state index in [1.165, 1.54) is 0 Å². The lowest BCUT2D eigenvalue weighted by atomic mass is 10.3. The maximum atomic E-state index is 5.49. The minimum absolute atomic E-state index is 0.476. The second kappa shape index (κ2) is 3.81. The van der Waals surface area contributed by atoms with Crippen molar-refractivity contribution in [3.05, 3.63) is 28.5 Å². The molecule has 0 aliphatic carbocycles. The predicted octanol–water partition coefficient (Wildman–Crippen LogP) is 1.37. The van der Waals surface area contributed by atoms with Gasteiger partial charge in [-0.25, -0.2) is 4.98 Å². The third-order valence-corrected chi connectivity index (χ3v) is 2.72. The Morgan fingerprint density at radius 2 is 2.14 bits per heavy atom. The summed E-state index contributed by atoms with van der Waals surface area (Å²) >= 11 is 1.55. The molecule has 0 aliphatic rings. The lowest BCUT2D eigenvalue weighted by molar-refractivity contribution is 1.03. The maximum absolute atomic E-state index is 5.49. The summed E-state index contributed by atoms with van der Waals surface area (Å²) in [4.78, 5) is 12.7. The summed E-state index contributed by atoms with van der Waals surface area (Å²) in [6.07, 6.45) is 3.35. The average molecular weight is 206 g/mol. The van der Waals surface area contributed by atoms with Crippen LogP contribution in [0.15, 0.2) is 17.8 Å². The summed E-state index contributed by atoms with van der Waals surface area (Å²) in [5.74, 6) is 0. The van der Waals surface area contributed by atoms with Crippen molar-refractivity contribution >= 4 is 11.3 Å². The van der Waals surface area contributed by atoms with Crippen LogP contribution in [0.2, 0.25) is 0 Å². The minimum Gasteiger partial charge on any atom is -0.325 e. The van der Waals surface area contributed by atoms with E-state index in [-0.39, 0.29) is 0 Å². The molecule has 0 aliphatic heterocycles. The van der Waals surface area contributed by atoms with Gasteiger partial charge in [-0.1, -0.05) is 0 Å². The van der Waals surface area contributed by atoms with Gasteiger partial charge in [0.05, 0.1) is 5.69 Å². The van der Waals surface area contributed by atoms with Gasteiger partial charge in [0.2, 0.25) is 0 Å². The first-order valence-corrected chi connectivity index (χ1v) is 5.11. The molecule has 2 N–H and O–H groups in total. The number of nitrogens with zero attached hydrogens (tertiary/aromatic N) is 3. The highest BCUT2D eigenvalue weighted by Gasteiger charge is 2.07. The number of nitrogens with two attached hydrogens (primary N) is 1. The van der Waals surface area contributed by atoms with Crippen LogP contribution in [0.25, 0.3) is 11.4 Å². The van der Waals surface area contributed by atoms with E-state index in [2.05, 4.69) is 15.0 Å². The van der Waals surface area contributed by atoms with E-state index in [0.29, 0.717) is 6.54 Å². The monoisotopic (exact) mass is 206 g/mol. The molecule has 0 amide bonds. The van der Waals surface area contributed by atoms with Crippen LogP contribution in [0.1, 0.15) is 10.7 Å². The summed E-state index contributed by atoms with van der Waals surface area (Å²) < 4.78 is 0. The van der Waals surface area contributed by atoms with Crippen LogP contribution in [0.5, 0.6) is 0 Å². The fraction of sp³-hybridized carbons (Fsp3) is 0.222. The van der Waals surface area contributed by atoms with E-state index in [4.69, 9.17) is 5.73 Å². The van der Waals surface area contributed by atoms with E-state index in [9.17, 15) is 0 Å². The molecule has 0 saturated heterocycles. The molecule has 72 valence electrons. The van der Waals surface area contributed by atoms with Gasteiger partial charge in [0.15, 0.2) is 0 Å². The molecule has 14 heavy (non-hydrogen) atoms. The van der Waals surface area contributed by atoms with E-state index in [1.807, 2.05) is 12.3 Å². The molecule has 4 nitrogen and oxygen atoms in total. The Morgan fingerprint density at radius 3 is 2.79 bits per heavy atom. The zero-order valence-electron chi connectivity index (χ0n) is 7.77. The van der Waals surface area contributed by atoms with Crippen molar-refractivity contribution in [3.63, 3.8) is 0 Å². The van der Waals surface area contributed by atoms with Crippen molar-refractivity contribution in [3.8, 4) is 11.4 Å². The van der Waals surface area contributed by atoms with E-state index in [0.717, 1.165) is 22.1 Å². The van der Waals surface area contributed by atoms with Crippen molar-refractivity contribution in [1.82, 2.24) is 15.0 Å². The highest BCUT2D eigenvalue weighted by atomic mass is 32.1. The molecule has 2 heterocycles. The third kappa shape index (κ3) is 1.64. The van der Waals surface area contributed by atoms with Crippen LogP contribution in [-0.2, 0) is 6.54 Å². The second-order valence-corrected chi connectivity index (χ2v) is 3.76. The lowest BCUT2D eigenvalue weighted by Gasteiger charge is -1.98. The largest absolute Gasteiger partial charge is 0.325 e. The summed E-state index contributed by atoms with van der Waals surface area (Å²) in [6.45, 7) is 2.40. The molecule has 0 unspecified atom stereocenters.